The summed E-state index contributed by atoms with van der Waals surface area (Å²) in [6, 6.07) is 6.27. The quantitative estimate of drug-likeness (QED) is 0.628. The van der Waals surface area contributed by atoms with E-state index in [4.69, 9.17) is 9.97 Å². The van der Waals surface area contributed by atoms with Gasteiger partial charge in [0.2, 0.25) is 0 Å². The van der Waals surface area contributed by atoms with Crippen molar-refractivity contribution in [3.63, 3.8) is 0 Å². The van der Waals surface area contributed by atoms with E-state index < -0.39 is 11.7 Å². The molecule has 1 fully saturated rings. The topological polar surface area (TPSA) is 66.8 Å². The van der Waals surface area contributed by atoms with Gasteiger partial charge in [-0.2, -0.15) is 13.2 Å². The highest BCUT2D eigenvalue weighted by atomic mass is 19.4. The zero-order valence-corrected chi connectivity index (χ0v) is 17.7. The van der Waals surface area contributed by atoms with Gasteiger partial charge in [0, 0.05) is 43.4 Å². The summed E-state index contributed by atoms with van der Waals surface area (Å²) in [5.74, 6) is 2.52. The van der Waals surface area contributed by atoms with E-state index in [1.807, 2.05) is 19.1 Å². The van der Waals surface area contributed by atoms with Crippen LogP contribution >= 0.6 is 0 Å². The van der Waals surface area contributed by atoms with E-state index in [0.717, 1.165) is 41.6 Å². The molecule has 3 aromatic rings. The molecule has 2 aliphatic rings. The van der Waals surface area contributed by atoms with Crippen molar-refractivity contribution >= 4 is 17.5 Å². The molecule has 0 radical (unpaired) electrons. The van der Waals surface area contributed by atoms with Gasteiger partial charge in [-0.15, -0.1) is 0 Å². The Morgan fingerprint density at radius 3 is 2.56 bits per heavy atom. The first-order valence-corrected chi connectivity index (χ1v) is 10.7. The van der Waals surface area contributed by atoms with Crippen LogP contribution in [0.4, 0.5) is 30.6 Å². The van der Waals surface area contributed by atoms with E-state index in [2.05, 4.69) is 15.3 Å². The molecule has 166 valence electrons. The van der Waals surface area contributed by atoms with Crippen LogP contribution in [0.1, 0.15) is 47.0 Å². The second kappa shape index (κ2) is 8.03. The lowest BCUT2D eigenvalue weighted by Gasteiger charge is -2.24. The lowest BCUT2D eigenvalue weighted by atomic mass is 10.1. The summed E-state index contributed by atoms with van der Waals surface area (Å²) in [4.78, 5) is 19.8. The summed E-state index contributed by atoms with van der Waals surface area (Å²) in [5.41, 5.74) is 2.17. The molecule has 9 heteroatoms. The predicted octanol–water partition coefficient (Wildman–Crippen LogP) is 4.82. The standard InChI is InChI=1S/C23H23F3N6/c1-14-4-7-19(28-13-14)30-21-16-8-11-32(22-17(23(24,25)26)3-2-10-27-22)12-9-18(16)29-20(31-21)15-5-6-15/h2-4,7,10,13,15H,5-6,8-9,11-12H2,1H3,(H,28,29,30,31). The van der Waals surface area contributed by atoms with Crippen molar-refractivity contribution in [2.75, 3.05) is 23.3 Å². The average molecular weight is 440 g/mol. The number of fused-ring (bicyclic) bond motifs is 1. The largest absolute Gasteiger partial charge is 0.419 e. The van der Waals surface area contributed by atoms with Gasteiger partial charge in [0.05, 0.1) is 11.3 Å². The Balaban J connectivity index is 1.47. The molecular weight excluding hydrogens is 417 g/mol. The lowest BCUT2D eigenvalue weighted by Crippen LogP contribution is -2.29. The van der Waals surface area contributed by atoms with Gasteiger partial charge in [-0.05, 0) is 49.9 Å². The highest BCUT2D eigenvalue weighted by Crippen LogP contribution is 2.40. The molecule has 0 aromatic carbocycles. The minimum atomic E-state index is -4.45. The van der Waals surface area contributed by atoms with Crippen molar-refractivity contribution in [1.29, 1.82) is 0 Å². The molecule has 0 unspecified atom stereocenters. The number of hydrogen-bond donors (Lipinski definition) is 1. The van der Waals surface area contributed by atoms with Gasteiger partial charge < -0.3 is 10.2 Å². The molecule has 0 spiro atoms. The number of aromatic nitrogens is 4. The first kappa shape index (κ1) is 20.7. The Kier molecular flexibility index (Phi) is 5.19. The van der Waals surface area contributed by atoms with Crippen LogP contribution in [0.3, 0.4) is 0 Å². The molecule has 0 atom stereocenters. The predicted molar refractivity (Wildman–Crippen MR) is 115 cm³/mol. The van der Waals surface area contributed by atoms with Crippen molar-refractivity contribution in [2.45, 2.75) is 44.7 Å². The Bertz CT molecular complexity index is 1130. The van der Waals surface area contributed by atoms with Gasteiger partial charge in [0.1, 0.15) is 23.3 Å². The Morgan fingerprint density at radius 1 is 1.03 bits per heavy atom. The summed E-state index contributed by atoms with van der Waals surface area (Å²) in [6.45, 7) is 2.78. The van der Waals surface area contributed by atoms with Crippen LogP contribution in [-0.4, -0.2) is 33.0 Å². The van der Waals surface area contributed by atoms with Crippen LogP contribution in [0.5, 0.6) is 0 Å². The Hall–Kier alpha value is -3.23. The van der Waals surface area contributed by atoms with Crippen molar-refractivity contribution in [2.24, 2.45) is 0 Å². The van der Waals surface area contributed by atoms with Crippen molar-refractivity contribution in [3.05, 3.63) is 64.9 Å². The SMILES string of the molecule is Cc1ccc(Nc2nc(C3CC3)nc3c2CCN(c2ncccc2C(F)(F)F)CC3)nc1. The zero-order valence-electron chi connectivity index (χ0n) is 17.7. The van der Waals surface area contributed by atoms with E-state index in [0.29, 0.717) is 43.5 Å². The molecule has 0 bridgehead atoms. The summed E-state index contributed by atoms with van der Waals surface area (Å²) in [6.07, 6.45) is 1.91. The summed E-state index contributed by atoms with van der Waals surface area (Å²) in [5, 5.41) is 3.32. The average Bonchev–Trinajstić information content (AvgIpc) is 3.62. The molecule has 1 aliphatic heterocycles. The highest BCUT2D eigenvalue weighted by Gasteiger charge is 2.36. The van der Waals surface area contributed by atoms with E-state index in [9.17, 15) is 13.2 Å². The fourth-order valence-electron chi connectivity index (χ4n) is 3.99. The smallest absolute Gasteiger partial charge is 0.355 e. The zero-order chi connectivity index (χ0) is 22.3. The van der Waals surface area contributed by atoms with Gasteiger partial charge in [0.25, 0.3) is 0 Å². The maximum Gasteiger partial charge on any atom is 0.419 e. The van der Waals surface area contributed by atoms with Crippen molar-refractivity contribution < 1.29 is 13.2 Å². The third-order valence-electron chi connectivity index (χ3n) is 5.85. The van der Waals surface area contributed by atoms with Gasteiger partial charge in [-0.25, -0.2) is 19.9 Å². The van der Waals surface area contributed by atoms with Crippen LogP contribution in [0.25, 0.3) is 0 Å². The monoisotopic (exact) mass is 440 g/mol. The normalized spacial score (nSPS) is 16.4. The number of aryl methyl sites for hydroxylation is 1. The Morgan fingerprint density at radius 2 is 1.84 bits per heavy atom. The van der Waals surface area contributed by atoms with E-state index in [1.165, 1.54) is 12.3 Å². The van der Waals surface area contributed by atoms with Gasteiger partial charge in [-0.1, -0.05) is 6.07 Å². The number of nitrogens with one attached hydrogen (secondary N) is 1. The molecule has 0 amide bonds. The molecular formula is C23H23F3N6. The van der Waals surface area contributed by atoms with E-state index in [1.54, 1.807) is 11.1 Å². The number of anilines is 3. The van der Waals surface area contributed by atoms with Gasteiger partial charge in [0.15, 0.2) is 0 Å². The fourth-order valence-corrected chi connectivity index (χ4v) is 3.99. The molecule has 0 saturated heterocycles. The number of alkyl halides is 3. The van der Waals surface area contributed by atoms with Gasteiger partial charge >= 0.3 is 6.18 Å². The highest BCUT2D eigenvalue weighted by molar-refractivity contribution is 5.59. The van der Waals surface area contributed by atoms with Crippen LogP contribution < -0.4 is 10.2 Å². The number of halogens is 3. The van der Waals surface area contributed by atoms with E-state index in [-0.39, 0.29) is 5.82 Å². The van der Waals surface area contributed by atoms with Crippen LogP contribution in [0.2, 0.25) is 0 Å². The van der Waals surface area contributed by atoms with Gasteiger partial charge in [-0.3, -0.25) is 0 Å². The maximum atomic E-state index is 13.5. The van der Waals surface area contributed by atoms with Crippen LogP contribution in [0, 0.1) is 6.92 Å². The maximum absolute atomic E-state index is 13.5. The molecule has 3 aromatic heterocycles. The third kappa shape index (κ3) is 4.24. The van der Waals surface area contributed by atoms with Crippen LogP contribution in [0.15, 0.2) is 36.7 Å². The second-order valence-corrected chi connectivity index (χ2v) is 8.34. The summed E-state index contributed by atoms with van der Waals surface area (Å²) in [7, 11) is 0. The number of rotatable bonds is 4. The molecule has 1 saturated carbocycles. The molecule has 4 heterocycles. The third-order valence-corrected chi connectivity index (χ3v) is 5.85. The minimum absolute atomic E-state index is 0.0297. The second-order valence-electron chi connectivity index (χ2n) is 8.34. The first-order valence-electron chi connectivity index (χ1n) is 10.7. The van der Waals surface area contributed by atoms with E-state index >= 15 is 0 Å². The number of hydrogen-bond acceptors (Lipinski definition) is 6. The summed E-state index contributed by atoms with van der Waals surface area (Å²) >= 11 is 0. The number of pyridine rings is 2. The fraction of sp³-hybridized carbons (Fsp3) is 0.391. The van der Waals surface area contributed by atoms with Crippen molar-refractivity contribution in [1.82, 2.24) is 19.9 Å². The molecule has 6 nitrogen and oxygen atoms in total. The molecule has 32 heavy (non-hydrogen) atoms. The molecule has 1 aliphatic carbocycles. The molecule has 5 rings (SSSR count). The summed E-state index contributed by atoms with van der Waals surface area (Å²) < 4.78 is 40.6. The first-order chi connectivity index (χ1) is 15.4. The van der Waals surface area contributed by atoms with Crippen LogP contribution in [-0.2, 0) is 19.0 Å². The lowest BCUT2D eigenvalue weighted by molar-refractivity contribution is -0.137. The van der Waals surface area contributed by atoms with Crippen molar-refractivity contribution in [3.8, 4) is 0 Å². The molecule has 1 N–H and O–H groups in total. The Labute approximate surface area is 184 Å². The number of nitrogens with zero attached hydrogens (tertiary/aromatic N) is 5. The minimum Gasteiger partial charge on any atom is -0.355 e.